The zero-order chi connectivity index (χ0) is 17.9. The highest BCUT2D eigenvalue weighted by atomic mass is 16.2. The summed E-state index contributed by atoms with van der Waals surface area (Å²) in [4.78, 5) is 28.1. The molecule has 1 fully saturated rings. The number of rotatable bonds is 2. The summed E-state index contributed by atoms with van der Waals surface area (Å²) in [7, 11) is 2.08. The van der Waals surface area contributed by atoms with Gasteiger partial charge < -0.3 is 14.7 Å². The van der Waals surface area contributed by atoms with Crippen LogP contribution in [0, 0.1) is 0 Å². The van der Waals surface area contributed by atoms with Crippen molar-refractivity contribution in [1.29, 1.82) is 0 Å². The molecule has 0 radical (unpaired) electrons. The number of amides is 1. The number of fused-ring (bicyclic) bond motifs is 1. The van der Waals surface area contributed by atoms with Gasteiger partial charge in [-0.05, 0) is 31.0 Å². The second-order valence-electron chi connectivity index (χ2n) is 7.11. The smallest absolute Gasteiger partial charge is 0.274 e. The van der Waals surface area contributed by atoms with Crippen molar-refractivity contribution in [2.24, 2.45) is 0 Å². The largest absolute Gasteiger partial charge is 0.355 e. The first kappa shape index (κ1) is 17.0. The van der Waals surface area contributed by atoms with Crippen LogP contribution in [0.2, 0.25) is 0 Å². The van der Waals surface area contributed by atoms with E-state index in [4.69, 9.17) is 0 Å². The zero-order valence-corrected chi connectivity index (χ0v) is 15.3. The van der Waals surface area contributed by atoms with Crippen molar-refractivity contribution in [3.8, 4) is 0 Å². The average molecular weight is 351 g/mol. The Morgan fingerprint density at radius 2 is 1.58 bits per heavy atom. The third-order valence-electron chi connectivity index (χ3n) is 5.38. The molecule has 2 aromatic rings. The fourth-order valence-corrected chi connectivity index (χ4v) is 3.68. The van der Waals surface area contributed by atoms with Crippen LogP contribution in [-0.2, 0) is 12.8 Å². The van der Waals surface area contributed by atoms with Crippen molar-refractivity contribution in [2.75, 3.05) is 51.2 Å². The number of hydrogen-bond donors (Lipinski definition) is 0. The van der Waals surface area contributed by atoms with Gasteiger partial charge in [-0.25, -0.2) is 4.98 Å². The lowest BCUT2D eigenvalue weighted by Crippen LogP contribution is -2.47. The Hall–Kier alpha value is -2.47. The van der Waals surface area contributed by atoms with Crippen LogP contribution in [-0.4, -0.2) is 72.0 Å². The summed E-state index contributed by atoms with van der Waals surface area (Å²) in [5.74, 6) is 0.795. The van der Waals surface area contributed by atoms with Crippen molar-refractivity contribution in [3.05, 3.63) is 53.5 Å². The van der Waals surface area contributed by atoms with Gasteiger partial charge in [0, 0.05) is 39.3 Å². The molecule has 136 valence electrons. The molecule has 2 aliphatic rings. The van der Waals surface area contributed by atoms with Crippen molar-refractivity contribution in [3.63, 3.8) is 0 Å². The maximum Gasteiger partial charge on any atom is 0.274 e. The van der Waals surface area contributed by atoms with E-state index in [0.29, 0.717) is 5.69 Å². The van der Waals surface area contributed by atoms with Crippen LogP contribution in [0.4, 0.5) is 5.82 Å². The summed E-state index contributed by atoms with van der Waals surface area (Å²) in [5.41, 5.74) is 3.27. The van der Waals surface area contributed by atoms with Gasteiger partial charge in [0.15, 0.2) is 0 Å². The molecule has 0 atom stereocenters. The minimum atomic E-state index is -0.00874. The second kappa shape index (κ2) is 7.41. The Morgan fingerprint density at radius 3 is 2.23 bits per heavy atom. The molecule has 1 aromatic carbocycles. The van der Waals surface area contributed by atoms with Gasteiger partial charge in [-0.1, -0.05) is 24.3 Å². The van der Waals surface area contributed by atoms with E-state index >= 15 is 0 Å². The van der Waals surface area contributed by atoms with Crippen LogP contribution in [0.25, 0.3) is 0 Å². The molecule has 1 amide bonds. The van der Waals surface area contributed by atoms with Crippen LogP contribution in [0.15, 0.2) is 36.7 Å². The molecule has 2 aliphatic heterocycles. The summed E-state index contributed by atoms with van der Waals surface area (Å²) in [6.45, 7) is 5.11. The molecule has 6 heteroatoms. The van der Waals surface area contributed by atoms with Gasteiger partial charge >= 0.3 is 0 Å². The van der Waals surface area contributed by atoms with Gasteiger partial charge in [-0.2, -0.15) is 0 Å². The minimum absolute atomic E-state index is 0.00874. The van der Waals surface area contributed by atoms with Crippen LogP contribution in [0.5, 0.6) is 0 Å². The number of anilines is 1. The van der Waals surface area contributed by atoms with Crippen molar-refractivity contribution < 1.29 is 4.79 Å². The number of piperazine rings is 1. The molecule has 4 rings (SSSR count). The van der Waals surface area contributed by atoms with Crippen LogP contribution in [0.1, 0.15) is 21.6 Å². The Labute approximate surface area is 154 Å². The van der Waals surface area contributed by atoms with E-state index in [0.717, 1.165) is 57.9 Å². The van der Waals surface area contributed by atoms with Gasteiger partial charge in [0.1, 0.15) is 11.5 Å². The topological polar surface area (TPSA) is 52.6 Å². The van der Waals surface area contributed by atoms with E-state index in [2.05, 4.69) is 51.1 Å². The zero-order valence-electron chi connectivity index (χ0n) is 15.3. The lowest BCUT2D eigenvalue weighted by molar-refractivity contribution is 0.0658. The van der Waals surface area contributed by atoms with Gasteiger partial charge in [0.05, 0.1) is 12.4 Å². The first-order valence-electron chi connectivity index (χ1n) is 9.32. The highest BCUT2D eigenvalue weighted by Gasteiger charge is 2.23. The molecule has 0 unspecified atom stereocenters. The van der Waals surface area contributed by atoms with E-state index in [1.165, 1.54) is 11.1 Å². The highest BCUT2D eigenvalue weighted by Crippen LogP contribution is 2.19. The number of carbonyl (C=O) groups excluding carboxylic acids is 1. The first-order valence-corrected chi connectivity index (χ1v) is 9.32. The number of benzene rings is 1. The lowest BCUT2D eigenvalue weighted by Gasteiger charge is -2.32. The van der Waals surface area contributed by atoms with E-state index in [9.17, 15) is 4.79 Å². The predicted octanol–water partition coefficient (Wildman–Crippen LogP) is 1.47. The van der Waals surface area contributed by atoms with Crippen LogP contribution in [0.3, 0.4) is 0 Å². The molecule has 0 aliphatic carbocycles. The van der Waals surface area contributed by atoms with Crippen LogP contribution < -0.4 is 4.90 Å². The van der Waals surface area contributed by atoms with Gasteiger partial charge in [0.2, 0.25) is 0 Å². The molecule has 26 heavy (non-hydrogen) atoms. The Morgan fingerprint density at radius 1 is 0.923 bits per heavy atom. The Bertz CT molecular complexity index is 758. The van der Waals surface area contributed by atoms with Gasteiger partial charge in [-0.15, -0.1) is 0 Å². The molecular formula is C20H25N5O. The molecule has 1 saturated heterocycles. The van der Waals surface area contributed by atoms with E-state index in [-0.39, 0.29) is 5.91 Å². The summed E-state index contributed by atoms with van der Waals surface area (Å²) >= 11 is 0. The maximum atomic E-state index is 12.8. The normalized spacial score (nSPS) is 18.3. The standard InChI is InChI=1S/C20H25N5O/c1-23-10-12-25(13-11-23)20(26)18-14-21-15-19(22-18)24-8-6-16-4-2-3-5-17(16)7-9-24/h2-5,14-15H,6-13H2,1H3. The minimum Gasteiger partial charge on any atom is -0.355 e. The maximum absolute atomic E-state index is 12.8. The molecule has 6 nitrogen and oxygen atoms in total. The number of hydrogen-bond acceptors (Lipinski definition) is 5. The SMILES string of the molecule is CN1CCN(C(=O)c2cncc(N3CCc4ccccc4CC3)n2)CC1. The van der Waals surface area contributed by atoms with E-state index in [1.807, 2.05) is 4.90 Å². The quantitative estimate of drug-likeness (QED) is 0.820. The molecule has 3 heterocycles. The summed E-state index contributed by atoms with van der Waals surface area (Å²) < 4.78 is 0. The number of carbonyl (C=O) groups is 1. The third kappa shape index (κ3) is 3.55. The van der Waals surface area contributed by atoms with Gasteiger partial charge in [-0.3, -0.25) is 9.78 Å². The van der Waals surface area contributed by atoms with E-state index < -0.39 is 0 Å². The summed E-state index contributed by atoms with van der Waals surface area (Å²) in [5, 5.41) is 0. The Balaban J connectivity index is 1.48. The number of nitrogens with zero attached hydrogens (tertiary/aromatic N) is 5. The van der Waals surface area contributed by atoms with Crippen molar-refractivity contribution >= 4 is 11.7 Å². The molecule has 0 saturated carbocycles. The number of likely N-dealkylation sites (N-methyl/N-ethyl adjacent to an activating group) is 1. The molecule has 0 spiro atoms. The fraction of sp³-hybridized carbons (Fsp3) is 0.450. The third-order valence-corrected chi connectivity index (χ3v) is 5.38. The monoisotopic (exact) mass is 351 g/mol. The fourth-order valence-electron chi connectivity index (χ4n) is 3.68. The van der Waals surface area contributed by atoms with Gasteiger partial charge in [0.25, 0.3) is 5.91 Å². The predicted molar refractivity (Wildman–Crippen MR) is 101 cm³/mol. The lowest BCUT2D eigenvalue weighted by atomic mass is 10.0. The molecule has 0 bridgehead atoms. The van der Waals surface area contributed by atoms with Crippen molar-refractivity contribution in [1.82, 2.24) is 19.8 Å². The molecule has 1 aromatic heterocycles. The second-order valence-corrected chi connectivity index (χ2v) is 7.11. The van der Waals surface area contributed by atoms with Crippen molar-refractivity contribution in [2.45, 2.75) is 12.8 Å². The van der Waals surface area contributed by atoms with E-state index in [1.54, 1.807) is 12.4 Å². The van der Waals surface area contributed by atoms with Crippen LogP contribution >= 0.6 is 0 Å². The molecular weight excluding hydrogens is 326 g/mol. The highest BCUT2D eigenvalue weighted by molar-refractivity contribution is 5.92. The first-order chi connectivity index (χ1) is 12.7. The summed E-state index contributed by atoms with van der Waals surface area (Å²) in [6, 6.07) is 8.61. The average Bonchev–Trinajstić information content (AvgIpc) is 2.91. The summed E-state index contributed by atoms with van der Waals surface area (Å²) in [6.07, 6.45) is 5.36. The number of aromatic nitrogens is 2. The Kier molecular flexibility index (Phi) is 4.84. The molecule has 0 N–H and O–H groups in total.